The number of nitrogens with two attached hydrogens (primary N) is 1. The molecule has 2 saturated heterocycles. The maximum Gasteiger partial charge on any atom is 0.405 e. The Bertz CT molecular complexity index is 193. The van der Waals surface area contributed by atoms with Crippen LogP contribution < -0.4 is 5.73 Å². The summed E-state index contributed by atoms with van der Waals surface area (Å²) < 4.78 is 4.58. The number of primary amides is 1. The maximum atomic E-state index is 10.0. The molecule has 0 aromatic carbocycles. The predicted molar refractivity (Wildman–Crippen MR) is 55.0 cm³/mol. The molecule has 4 heteroatoms. The Hall–Kier alpha value is -0.770. The van der Waals surface area contributed by atoms with Gasteiger partial charge in [-0.3, -0.25) is 0 Å². The molecular weight excluding hydrogens is 180 g/mol. The van der Waals surface area contributed by atoms with E-state index in [2.05, 4.69) is 9.64 Å². The molecule has 0 bridgehead atoms. The number of rotatable bonds is 0. The van der Waals surface area contributed by atoms with Gasteiger partial charge < -0.3 is 15.4 Å². The van der Waals surface area contributed by atoms with E-state index in [0.717, 1.165) is 6.04 Å². The largest absolute Gasteiger partial charge is 0.444 e. The van der Waals surface area contributed by atoms with Crippen LogP contribution in [0, 0.1) is 0 Å². The summed E-state index contributed by atoms with van der Waals surface area (Å²) in [5, 5.41) is 0. The van der Waals surface area contributed by atoms with Gasteiger partial charge >= 0.3 is 6.09 Å². The fourth-order valence-electron chi connectivity index (χ4n) is 1.55. The number of nitrogens with zero attached hydrogens (tertiary/aromatic N) is 1. The third kappa shape index (κ3) is 3.54. The van der Waals surface area contributed by atoms with Gasteiger partial charge in [-0.15, -0.1) is 0 Å². The fraction of sp³-hybridized carbons (Fsp3) is 0.900. The number of fused-ring (bicyclic) bond motifs is 1. The summed E-state index contributed by atoms with van der Waals surface area (Å²) in [6.07, 6.45) is 2.25. The maximum absolute atomic E-state index is 10.0. The normalized spacial score (nSPS) is 20.8. The molecule has 2 aliphatic rings. The third-order valence-electron chi connectivity index (χ3n) is 2.42. The second-order valence-corrected chi connectivity index (χ2v) is 4.80. The number of hydrogen-bond acceptors (Lipinski definition) is 3. The number of amides is 1. The first kappa shape index (κ1) is 11.3. The monoisotopic (exact) mass is 200 g/mol. The quantitative estimate of drug-likeness (QED) is 0.642. The first-order chi connectivity index (χ1) is 6.38. The van der Waals surface area contributed by atoms with Crippen LogP contribution in [0.2, 0.25) is 0 Å². The molecule has 2 heterocycles. The van der Waals surface area contributed by atoms with E-state index in [1.807, 2.05) is 0 Å². The van der Waals surface area contributed by atoms with Gasteiger partial charge in [0.15, 0.2) is 0 Å². The Balaban J connectivity index is 0.000000143. The highest BCUT2D eigenvalue weighted by Gasteiger charge is 2.34. The van der Waals surface area contributed by atoms with Crippen LogP contribution in [0.5, 0.6) is 0 Å². The Morgan fingerprint density at radius 2 is 1.79 bits per heavy atom. The third-order valence-corrected chi connectivity index (χ3v) is 2.42. The topological polar surface area (TPSA) is 55.6 Å². The van der Waals surface area contributed by atoms with E-state index in [1.54, 1.807) is 20.8 Å². The summed E-state index contributed by atoms with van der Waals surface area (Å²) in [6.45, 7) is 8.07. The summed E-state index contributed by atoms with van der Waals surface area (Å²) in [5.41, 5.74) is 4.26. The van der Waals surface area contributed by atoms with E-state index in [0.29, 0.717) is 0 Å². The Kier molecular flexibility index (Phi) is 3.37. The van der Waals surface area contributed by atoms with Crippen molar-refractivity contribution in [1.82, 2.24) is 4.90 Å². The van der Waals surface area contributed by atoms with Crippen LogP contribution in [0.15, 0.2) is 0 Å². The van der Waals surface area contributed by atoms with Gasteiger partial charge in [-0.1, -0.05) is 0 Å². The zero-order valence-electron chi connectivity index (χ0n) is 9.25. The van der Waals surface area contributed by atoms with Crippen LogP contribution in [-0.2, 0) is 4.74 Å². The van der Waals surface area contributed by atoms with E-state index < -0.39 is 11.7 Å². The van der Waals surface area contributed by atoms with Crippen LogP contribution in [0.3, 0.4) is 0 Å². The molecule has 14 heavy (non-hydrogen) atoms. The molecule has 2 N–H and O–H groups in total. The molecule has 82 valence electrons. The summed E-state index contributed by atoms with van der Waals surface area (Å²) >= 11 is 0. The van der Waals surface area contributed by atoms with Crippen LogP contribution in [0.25, 0.3) is 0 Å². The molecule has 2 rings (SSSR count). The van der Waals surface area contributed by atoms with Crippen molar-refractivity contribution in [1.29, 1.82) is 0 Å². The highest BCUT2D eigenvalue weighted by molar-refractivity contribution is 5.65. The molecule has 0 unspecified atom stereocenters. The van der Waals surface area contributed by atoms with Crippen molar-refractivity contribution in [2.45, 2.75) is 45.3 Å². The molecule has 0 aromatic heterocycles. The molecule has 4 nitrogen and oxygen atoms in total. The number of carbonyl (C=O) groups excluding carboxylic acids is 1. The minimum absolute atomic E-state index is 0.453. The van der Waals surface area contributed by atoms with Gasteiger partial charge in [-0.25, -0.2) is 4.79 Å². The molecule has 1 amide bonds. The summed E-state index contributed by atoms with van der Waals surface area (Å²) in [7, 11) is 0. The minimum Gasteiger partial charge on any atom is -0.444 e. The van der Waals surface area contributed by atoms with Gasteiger partial charge in [-0.2, -0.15) is 0 Å². The average molecular weight is 200 g/mol. The van der Waals surface area contributed by atoms with Crippen molar-refractivity contribution in [3.8, 4) is 0 Å². The van der Waals surface area contributed by atoms with Crippen LogP contribution in [0.1, 0.15) is 33.6 Å². The second kappa shape index (κ2) is 4.17. The lowest BCUT2D eigenvalue weighted by Gasteiger charge is -2.50. The van der Waals surface area contributed by atoms with Crippen molar-refractivity contribution < 1.29 is 9.53 Å². The van der Waals surface area contributed by atoms with Gasteiger partial charge in [0, 0.05) is 6.04 Å². The van der Waals surface area contributed by atoms with Gasteiger partial charge in [0.25, 0.3) is 0 Å². The van der Waals surface area contributed by atoms with Crippen LogP contribution >= 0.6 is 0 Å². The number of hydrogen-bond donors (Lipinski definition) is 1. The molecule has 0 spiro atoms. The van der Waals surface area contributed by atoms with Crippen molar-refractivity contribution in [2.75, 3.05) is 13.1 Å². The molecule has 2 aliphatic heterocycles. The van der Waals surface area contributed by atoms with Crippen molar-refractivity contribution in [3.63, 3.8) is 0 Å². The van der Waals surface area contributed by atoms with E-state index >= 15 is 0 Å². The Morgan fingerprint density at radius 3 is 1.79 bits per heavy atom. The molecule has 0 saturated carbocycles. The van der Waals surface area contributed by atoms with Crippen molar-refractivity contribution in [3.05, 3.63) is 0 Å². The van der Waals surface area contributed by atoms with Gasteiger partial charge in [0.1, 0.15) is 5.60 Å². The van der Waals surface area contributed by atoms with Crippen molar-refractivity contribution >= 4 is 6.09 Å². The first-order valence-electron chi connectivity index (χ1n) is 5.11. The molecule has 0 aliphatic carbocycles. The molecular formula is C10H20N2O2. The van der Waals surface area contributed by atoms with Gasteiger partial charge in [-0.05, 0) is 46.7 Å². The summed E-state index contributed by atoms with van der Waals surface area (Å²) in [5.74, 6) is 0. The Morgan fingerprint density at radius 1 is 1.36 bits per heavy atom. The second-order valence-electron chi connectivity index (χ2n) is 4.80. The molecule has 2 fully saturated rings. The lowest BCUT2D eigenvalue weighted by atomic mass is 9.91. The molecule has 0 radical (unpaired) electrons. The zero-order chi connectivity index (χ0) is 10.8. The van der Waals surface area contributed by atoms with Crippen LogP contribution in [0.4, 0.5) is 4.79 Å². The van der Waals surface area contributed by atoms with E-state index in [9.17, 15) is 4.79 Å². The van der Waals surface area contributed by atoms with E-state index in [4.69, 9.17) is 5.73 Å². The van der Waals surface area contributed by atoms with E-state index in [-0.39, 0.29) is 0 Å². The Labute approximate surface area is 85.4 Å². The van der Waals surface area contributed by atoms with Gasteiger partial charge in [0.05, 0.1) is 0 Å². The summed E-state index contributed by atoms with van der Waals surface area (Å²) in [6, 6.07) is 1.05. The fourth-order valence-corrected chi connectivity index (χ4v) is 1.55. The van der Waals surface area contributed by atoms with Gasteiger partial charge in [0.2, 0.25) is 0 Å². The number of ether oxygens (including phenoxy) is 1. The van der Waals surface area contributed by atoms with Crippen LogP contribution in [-0.4, -0.2) is 35.7 Å². The number of piperidine rings is 1. The minimum atomic E-state index is -0.725. The highest BCUT2D eigenvalue weighted by atomic mass is 16.6. The standard InChI is InChI=1S/C5H11NO2.C5H9N/c1-5(2,3)8-4(6)7;1-3-6-4-2-5(1)6/h1-3H3,(H2,6,7);5H,1-4H2. The lowest BCUT2D eigenvalue weighted by molar-refractivity contribution is -0.00222. The lowest BCUT2D eigenvalue weighted by Crippen LogP contribution is -2.57. The first-order valence-corrected chi connectivity index (χ1v) is 5.11. The highest BCUT2D eigenvalue weighted by Crippen LogP contribution is 2.28. The van der Waals surface area contributed by atoms with E-state index in [1.165, 1.54) is 25.9 Å². The molecule has 0 atom stereocenters. The molecule has 0 aromatic rings. The number of carbonyl (C=O) groups is 1. The van der Waals surface area contributed by atoms with Crippen molar-refractivity contribution in [2.24, 2.45) is 5.73 Å². The smallest absolute Gasteiger partial charge is 0.405 e. The predicted octanol–water partition coefficient (Wildman–Crippen LogP) is 1.34. The summed E-state index contributed by atoms with van der Waals surface area (Å²) in [4.78, 5) is 12.5. The average Bonchev–Trinajstić information content (AvgIpc) is 1.92. The zero-order valence-corrected chi connectivity index (χ0v) is 9.25. The SMILES string of the molecule is C1CN2CCC12.CC(C)(C)OC(N)=O.